The Bertz CT molecular complexity index is 558. The lowest BCUT2D eigenvalue weighted by molar-refractivity contribution is -0.385. The van der Waals surface area contributed by atoms with E-state index in [1.165, 1.54) is 6.92 Å². The van der Waals surface area contributed by atoms with E-state index < -0.39 is 4.92 Å². The molecule has 0 bridgehead atoms. The largest absolute Gasteiger partial charge is 0.368 e. The SMILES string of the molecule is Cc1nc(N)nc(NCCCC(=O)NC2CC2)c1[N+](=O)[O-]. The van der Waals surface area contributed by atoms with Crippen molar-refractivity contribution in [3.8, 4) is 0 Å². The molecule has 0 atom stereocenters. The Labute approximate surface area is 121 Å². The summed E-state index contributed by atoms with van der Waals surface area (Å²) < 4.78 is 0. The first kappa shape index (κ1) is 14.9. The van der Waals surface area contributed by atoms with Crippen LogP contribution in [0, 0.1) is 17.0 Å². The summed E-state index contributed by atoms with van der Waals surface area (Å²) in [6.45, 7) is 1.90. The monoisotopic (exact) mass is 294 g/mol. The quantitative estimate of drug-likeness (QED) is 0.383. The summed E-state index contributed by atoms with van der Waals surface area (Å²) in [7, 11) is 0. The van der Waals surface area contributed by atoms with E-state index in [9.17, 15) is 14.9 Å². The molecule has 1 aliphatic rings. The van der Waals surface area contributed by atoms with Crippen molar-refractivity contribution in [2.45, 2.75) is 38.6 Å². The average Bonchev–Trinajstić information content (AvgIpc) is 3.17. The van der Waals surface area contributed by atoms with Crippen LogP contribution >= 0.6 is 0 Å². The number of carbonyl (C=O) groups is 1. The summed E-state index contributed by atoms with van der Waals surface area (Å²) in [4.78, 5) is 29.6. The van der Waals surface area contributed by atoms with E-state index in [1.54, 1.807) is 0 Å². The summed E-state index contributed by atoms with van der Waals surface area (Å²) in [6, 6.07) is 0.343. The molecule has 1 saturated carbocycles. The van der Waals surface area contributed by atoms with Crippen molar-refractivity contribution < 1.29 is 9.72 Å². The van der Waals surface area contributed by atoms with Crippen LogP contribution in [0.2, 0.25) is 0 Å². The van der Waals surface area contributed by atoms with Gasteiger partial charge in [-0.3, -0.25) is 14.9 Å². The Hall–Kier alpha value is -2.45. The van der Waals surface area contributed by atoms with Crippen LogP contribution in [-0.4, -0.2) is 33.4 Å². The van der Waals surface area contributed by atoms with E-state index >= 15 is 0 Å². The van der Waals surface area contributed by atoms with Crippen molar-refractivity contribution in [2.75, 3.05) is 17.6 Å². The number of carbonyl (C=O) groups excluding carboxylic acids is 1. The van der Waals surface area contributed by atoms with Crippen molar-refractivity contribution in [2.24, 2.45) is 0 Å². The van der Waals surface area contributed by atoms with Crippen LogP contribution in [0.15, 0.2) is 0 Å². The summed E-state index contributed by atoms with van der Waals surface area (Å²) >= 11 is 0. The molecule has 0 unspecified atom stereocenters. The number of nitrogens with zero attached hydrogens (tertiary/aromatic N) is 3. The Morgan fingerprint density at radius 3 is 2.81 bits per heavy atom. The van der Waals surface area contributed by atoms with E-state index in [2.05, 4.69) is 20.6 Å². The van der Waals surface area contributed by atoms with Gasteiger partial charge in [-0.15, -0.1) is 0 Å². The van der Waals surface area contributed by atoms with Gasteiger partial charge in [0.15, 0.2) is 0 Å². The second kappa shape index (κ2) is 6.33. The molecule has 1 aromatic heterocycles. The highest BCUT2D eigenvalue weighted by atomic mass is 16.6. The maximum Gasteiger partial charge on any atom is 0.332 e. The Kier molecular flexibility index (Phi) is 4.51. The highest BCUT2D eigenvalue weighted by Crippen LogP contribution is 2.25. The third kappa shape index (κ3) is 4.26. The fraction of sp³-hybridized carbons (Fsp3) is 0.583. The van der Waals surface area contributed by atoms with Gasteiger partial charge in [0.05, 0.1) is 4.92 Å². The molecule has 1 amide bonds. The minimum Gasteiger partial charge on any atom is -0.368 e. The number of nitrogens with one attached hydrogen (secondary N) is 2. The first-order chi connectivity index (χ1) is 9.97. The third-order valence-corrected chi connectivity index (χ3v) is 3.07. The van der Waals surface area contributed by atoms with E-state index in [-0.39, 0.29) is 29.1 Å². The van der Waals surface area contributed by atoms with Gasteiger partial charge in [0.2, 0.25) is 17.7 Å². The van der Waals surface area contributed by atoms with Gasteiger partial charge >= 0.3 is 5.69 Å². The lowest BCUT2D eigenvalue weighted by Crippen LogP contribution is -2.25. The number of amides is 1. The highest BCUT2D eigenvalue weighted by molar-refractivity contribution is 5.76. The summed E-state index contributed by atoms with van der Waals surface area (Å²) in [5.41, 5.74) is 5.52. The normalized spacial score (nSPS) is 13.8. The summed E-state index contributed by atoms with van der Waals surface area (Å²) in [6.07, 6.45) is 3.03. The minimum absolute atomic E-state index is 0.00665. The molecule has 9 heteroatoms. The van der Waals surface area contributed by atoms with Gasteiger partial charge < -0.3 is 16.4 Å². The Morgan fingerprint density at radius 1 is 1.48 bits per heavy atom. The fourth-order valence-electron chi connectivity index (χ4n) is 1.91. The van der Waals surface area contributed by atoms with Crippen LogP contribution < -0.4 is 16.4 Å². The number of anilines is 2. The molecule has 1 fully saturated rings. The molecule has 0 aliphatic heterocycles. The van der Waals surface area contributed by atoms with Gasteiger partial charge in [0, 0.05) is 19.0 Å². The van der Waals surface area contributed by atoms with E-state index in [0.717, 1.165) is 12.8 Å². The van der Waals surface area contributed by atoms with Crippen LogP contribution in [-0.2, 0) is 4.79 Å². The smallest absolute Gasteiger partial charge is 0.332 e. The van der Waals surface area contributed by atoms with Gasteiger partial charge in [-0.1, -0.05) is 0 Å². The second-order valence-electron chi connectivity index (χ2n) is 4.99. The molecule has 21 heavy (non-hydrogen) atoms. The molecular weight excluding hydrogens is 276 g/mol. The zero-order valence-electron chi connectivity index (χ0n) is 11.8. The highest BCUT2D eigenvalue weighted by Gasteiger charge is 2.23. The van der Waals surface area contributed by atoms with Gasteiger partial charge in [-0.25, -0.2) is 4.98 Å². The number of nitrogen functional groups attached to an aromatic ring is 1. The van der Waals surface area contributed by atoms with Crippen LogP contribution in [0.3, 0.4) is 0 Å². The van der Waals surface area contributed by atoms with Gasteiger partial charge in [-0.2, -0.15) is 4.98 Å². The standard InChI is InChI=1S/C12H18N6O3/c1-7-10(18(20)21)11(17-12(13)15-7)14-6-2-3-9(19)16-8-4-5-8/h8H,2-6H2,1H3,(H,16,19)(H3,13,14,15,17). The molecule has 0 radical (unpaired) electrons. The Balaban J connectivity index is 1.87. The first-order valence-electron chi connectivity index (χ1n) is 6.79. The molecule has 4 N–H and O–H groups in total. The topological polar surface area (TPSA) is 136 Å². The summed E-state index contributed by atoms with van der Waals surface area (Å²) in [5, 5.41) is 16.7. The lowest BCUT2D eigenvalue weighted by Gasteiger charge is -2.08. The van der Waals surface area contributed by atoms with E-state index in [4.69, 9.17) is 5.73 Å². The van der Waals surface area contributed by atoms with E-state index in [1.807, 2.05) is 0 Å². The number of rotatable bonds is 7. The molecule has 114 valence electrons. The minimum atomic E-state index is -0.545. The molecule has 2 rings (SSSR count). The number of hydrogen-bond donors (Lipinski definition) is 3. The fourth-order valence-corrected chi connectivity index (χ4v) is 1.91. The molecular formula is C12H18N6O3. The van der Waals surface area contributed by atoms with Crippen molar-refractivity contribution in [1.82, 2.24) is 15.3 Å². The van der Waals surface area contributed by atoms with Crippen LogP contribution in [0.1, 0.15) is 31.4 Å². The summed E-state index contributed by atoms with van der Waals surface area (Å²) in [5.74, 6) is 0.0758. The Morgan fingerprint density at radius 2 is 2.19 bits per heavy atom. The predicted molar refractivity (Wildman–Crippen MR) is 76.7 cm³/mol. The van der Waals surface area contributed by atoms with Crippen LogP contribution in [0.25, 0.3) is 0 Å². The zero-order chi connectivity index (χ0) is 15.4. The van der Waals surface area contributed by atoms with E-state index in [0.29, 0.717) is 25.4 Å². The molecule has 9 nitrogen and oxygen atoms in total. The van der Waals surface area contributed by atoms with Crippen molar-refractivity contribution in [3.05, 3.63) is 15.8 Å². The number of nitro groups is 1. The molecule has 1 aliphatic carbocycles. The molecule has 1 heterocycles. The predicted octanol–water partition coefficient (Wildman–Crippen LogP) is 0.746. The molecule has 0 saturated heterocycles. The average molecular weight is 294 g/mol. The zero-order valence-corrected chi connectivity index (χ0v) is 11.8. The molecule has 1 aromatic rings. The number of aryl methyl sites for hydroxylation is 1. The third-order valence-electron chi connectivity index (χ3n) is 3.07. The van der Waals surface area contributed by atoms with Gasteiger partial charge in [0.1, 0.15) is 5.69 Å². The number of nitrogens with two attached hydrogens (primary N) is 1. The number of hydrogen-bond acceptors (Lipinski definition) is 7. The maximum absolute atomic E-state index is 11.5. The van der Waals surface area contributed by atoms with Crippen molar-refractivity contribution >= 4 is 23.4 Å². The first-order valence-corrected chi connectivity index (χ1v) is 6.79. The molecule has 0 aromatic carbocycles. The van der Waals surface area contributed by atoms with Crippen molar-refractivity contribution in [1.29, 1.82) is 0 Å². The molecule has 0 spiro atoms. The second-order valence-corrected chi connectivity index (χ2v) is 4.99. The lowest BCUT2D eigenvalue weighted by atomic mass is 10.3. The number of aromatic nitrogens is 2. The maximum atomic E-state index is 11.5. The van der Waals surface area contributed by atoms with Crippen LogP contribution in [0.5, 0.6) is 0 Å². The van der Waals surface area contributed by atoms with Crippen molar-refractivity contribution in [3.63, 3.8) is 0 Å². The van der Waals surface area contributed by atoms with Gasteiger partial charge in [0.25, 0.3) is 0 Å². The van der Waals surface area contributed by atoms with Gasteiger partial charge in [-0.05, 0) is 26.2 Å². The van der Waals surface area contributed by atoms with Crippen LogP contribution in [0.4, 0.5) is 17.5 Å².